The monoisotopic (exact) mass is 498 g/mol. The molecule has 0 aliphatic heterocycles. The lowest BCUT2D eigenvalue weighted by molar-refractivity contribution is -0.142. The van der Waals surface area contributed by atoms with Gasteiger partial charge in [0.15, 0.2) is 20.6 Å². The molecule has 0 unspecified atom stereocenters. The summed E-state index contributed by atoms with van der Waals surface area (Å²) in [7, 11) is -4.43. The summed E-state index contributed by atoms with van der Waals surface area (Å²) >= 11 is 6.63. The van der Waals surface area contributed by atoms with Gasteiger partial charge in [-0.2, -0.15) is 26.7 Å². The van der Waals surface area contributed by atoms with Crippen LogP contribution in [0.25, 0.3) is 16.9 Å². The third kappa shape index (κ3) is 4.33. The van der Waals surface area contributed by atoms with Crippen molar-refractivity contribution in [1.82, 2.24) is 19.6 Å². The van der Waals surface area contributed by atoms with Gasteiger partial charge in [0.2, 0.25) is 0 Å². The predicted molar refractivity (Wildman–Crippen MR) is 111 cm³/mol. The average Bonchev–Trinajstić information content (AvgIpc) is 3.33. The SMILES string of the molecule is Cc1cc(-c2cc(C(F)(F)F)n3ncc(C#Cc4ncc(S(=O)(=O)O)s4)c3n2)ccc1Cl. The highest BCUT2D eigenvalue weighted by Crippen LogP contribution is 2.33. The molecule has 0 spiro atoms. The lowest BCUT2D eigenvalue weighted by Gasteiger charge is -2.11. The first-order chi connectivity index (χ1) is 14.9. The molecule has 3 aromatic heterocycles. The zero-order valence-corrected chi connectivity index (χ0v) is 18.2. The maximum Gasteiger partial charge on any atom is 0.433 e. The van der Waals surface area contributed by atoms with Gasteiger partial charge < -0.3 is 0 Å². The molecule has 0 radical (unpaired) electrons. The molecule has 0 saturated heterocycles. The van der Waals surface area contributed by atoms with Gasteiger partial charge in [-0.1, -0.05) is 34.9 Å². The lowest BCUT2D eigenvalue weighted by Crippen LogP contribution is -2.13. The summed E-state index contributed by atoms with van der Waals surface area (Å²) in [5.41, 5.74) is 0.0503. The Labute approximate surface area is 188 Å². The van der Waals surface area contributed by atoms with Gasteiger partial charge in [-0.3, -0.25) is 4.55 Å². The molecular formula is C19H10ClF3N4O3S2. The van der Waals surface area contributed by atoms with Crippen LogP contribution in [0.3, 0.4) is 0 Å². The van der Waals surface area contributed by atoms with Crippen LogP contribution in [0.15, 0.2) is 40.9 Å². The van der Waals surface area contributed by atoms with E-state index < -0.39 is 26.2 Å². The average molecular weight is 499 g/mol. The molecule has 164 valence electrons. The van der Waals surface area contributed by atoms with Crippen LogP contribution in [0.5, 0.6) is 0 Å². The normalized spacial score (nSPS) is 12.1. The van der Waals surface area contributed by atoms with E-state index in [-0.39, 0.29) is 21.9 Å². The molecule has 4 aromatic rings. The summed E-state index contributed by atoms with van der Waals surface area (Å²) in [5, 5.41) is 4.27. The molecule has 7 nitrogen and oxygen atoms in total. The van der Waals surface area contributed by atoms with Crippen molar-refractivity contribution in [2.45, 2.75) is 17.3 Å². The second-order valence-electron chi connectivity index (χ2n) is 6.49. The lowest BCUT2D eigenvalue weighted by atomic mass is 10.1. The zero-order chi connectivity index (χ0) is 23.3. The van der Waals surface area contributed by atoms with E-state index >= 15 is 0 Å². The van der Waals surface area contributed by atoms with E-state index in [0.717, 1.165) is 18.5 Å². The molecule has 0 bridgehead atoms. The third-order valence-corrected chi connectivity index (χ3v) is 6.89. The Morgan fingerprint density at radius 3 is 2.56 bits per heavy atom. The zero-order valence-electron chi connectivity index (χ0n) is 15.8. The van der Waals surface area contributed by atoms with E-state index in [4.69, 9.17) is 16.2 Å². The van der Waals surface area contributed by atoms with E-state index in [1.54, 1.807) is 25.1 Å². The topological polar surface area (TPSA) is 97.5 Å². The van der Waals surface area contributed by atoms with E-state index in [1.165, 1.54) is 0 Å². The van der Waals surface area contributed by atoms with Gasteiger partial charge in [0, 0.05) is 10.6 Å². The number of fused-ring (bicyclic) bond motifs is 1. The number of nitrogens with zero attached hydrogens (tertiary/aromatic N) is 4. The fraction of sp³-hybridized carbons (Fsp3) is 0.105. The van der Waals surface area contributed by atoms with Crippen LogP contribution in [0.1, 0.15) is 21.8 Å². The number of aryl methyl sites for hydroxylation is 1. The van der Waals surface area contributed by atoms with Crippen LogP contribution in [-0.4, -0.2) is 32.6 Å². The minimum atomic E-state index is -4.71. The second kappa shape index (κ2) is 7.86. The molecule has 4 rings (SSSR count). The molecule has 0 atom stereocenters. The van der Waals surface area contributed by atoms with Gasteiger partial charge >= 0.3 is 16.3 Å². The number of alkyl halides is 3. The molecule has 0 saturated carbocycles. The minimum Gasteiger partial charge on any atom is -0.281 e. The largest absolute Gasteiger partial charge is 0.433 e. The number of halogens is 4. The number of hydrogen-bond donors (Lipinski definition) is 1. The number of aromatic nitrogens is 4. The summed E-state index contributed by atoms with van der Waals surface area (Å²) in [6.07, 6.45) is -2.66. The Bertz CT molecular complexity index is 1530. The molecule has 1 aromatic carbocycles. The van der Waals surface area contributed by atoms with Crippen molar-refractivity contribution in [2.24, 2.45) is 0 Å². The fourth-order valence-corrected chi connectivity index (χ4v) is 4.23. The maximum absolute atomic E-state index is 13.7. The molecule has 0 amide bonds. The molecular weight excluding hydrogens is 489 g/mol. The van der Waals surface area contributed by atoms with Crippen LogP contribution in [0.2, 0.25) is 5.02 Å². The number of hydrogen-bond acceptors (Lipinski definition) is 6. The van der Waals surface area contributed by atoms with Gasteiger partial charge in [-0.25, -0.2) is 14.5 Å². The predicted octanol–water partition coefficient (Wildman–Crippen LogP) is 4.48. The Hall–Kier alpha value is -2.98. The summed E-state index contributed by atoms with van der Waals surface area (Å²) < 4.78 is 72.6. The summed E-state index contributed by atoms with van der Waals surface area (Å²) in [5.74, 6) is 5.17. The molecule has 13 heteroatoms. The van der Waals surface area contributed by atoms with Crippen molar-refractivity contribution in [1.29, 1.82) is 0 Å². The Morgan fingerprint density at radius 2 is 1.94 bits per heavy atom. The van der Waals surface area contributed by atoms with Crippen molar-refractivity contribution in [3.05, 3.63) is 63.5 Å². The molecule has 32 heavy (non-hydrogen) atoms. The second-order valence-corrected chi connectivity index (χ2v) is 9.58. The number of thiazole rings is 1. The number of rotatable bonds is 2. The summed E-state index contributed by atoms with van der Waals surface area (Å²) in [6, 6.07) is 5.63. The van der Waals surface area contributed by atoms with Gasteiger partial charge in [0.25, 0.3) is 0 Å². The molecule has 0 aliphatic rings. The van der Waals surface area contributed by atoms with Crippen LogP contribution in [-0.2, 0) is 16.3 Å². The standard InChI is InChI=1S/C19H10ClF3N4O3S2/c1-10-6-11(2-4-13(10)20)14-7-15(19(21,22)23)27-18(26-14)12(8-25-27)3-5-16-24-9-17(31-16)32(28,29)30/h2,4,6-9H,1H3,(H,28,29,30). The third-order valence-electron chi connectivity index (χ3n) is 4.26. The quantitative estimate of drug-likeness (QED) is 0.323. The molecule has 3 heterocycles. The Kier molecular flexibility index (Phi) is 5.46. The van der Waals surface area contributed by atoms with Crippen molar-refractivity contribution in [2.75, 3.05) is 0 Å². The number of benzene rings is 1. The first kappa shape index (κ1) is 22.2. The Morgan fingerprint density at radius 1 is 1.19 bits per heavy atom. The smallest absolute Gasteiger partial charge is 0.281 e. The Balaban J connectivity index is 1.87. The highest BCUT2D eigenvalue weighted by molar-refractivity contribution is 7.88. The maximum atomic E-state index is 13.7. The first-order valence-corrected chi connectivity index (χ1v) is 11.2. The van der Waals surface area contributed by atoms with Gasteiger partial charge in [-0.15, -0.1) is 0 Å². The summed E-state index contributed by atoms with van der Waals surface area (Å²) in [4.78, 5) is 8.08. The van der Waals surface area contributed by atoms with Crippen LogP contribution < -0.4 is 0 Å². The van der Waals surface area contributed by atoms with Gasteiger partial charge in [0.05, 0.1) is 23.7 Å². The van der Waals surface area contributed by atoms with Crippen LogP contribution in [0, 0.1) is 18.8 Å². The van der Waals surface area contributed by atoms with Crippen molar-refractivity contribution < 1.29 is 26.1 Å². The van der Waals surface area contributed by atoms with Crippen molar-refractivity contribution in [3.63, 3.8) is 0 Å². The minimum absolute atomic E-state index is 0.0394. The van der Waals surface area contributed by atoms with Crippen LogP contribution in [0.4, 0.5) is 13.2 Å². The molecule has 0 fully saturated rings. The highest BCUT2D eigenvalue weighted by Gasteiger charge is 2.35. The van der Waals surface area contributed by atoms with E-state index in [2.05, 4.69) is 26.9 Å². The van der Waals surface area contributed by atoms with Gasteiger partial charge in [-0.05, 0) is 36.6 Å². The highest BCUT2D eigenvalue weighted by atomic mass is 35.5. The van der Waals surface area contributed by atoms with E-state index in [0.29, 0.717) is 32.0 Å². The van der Waals surface area contributed by atoms with Crippen molar-refractivity contribution in [3.8, 4) is 23.1 Å². The van der Waals surface area contributed by atoms with E-state index in [1.807, 2.05) is 0 Å². The molecule has 1 N–H and O–H groups in total. The summed E-state index contributed by atoms with van der Waals surface area (Å²) in [6.45, 7) is 1.72. The van der Waals surface area contributed by atoms with Crippen molar-refractivity contribution >= 4 is 38.7 Å². The van der Waals surface area contributed by atoms with Gasteiger partial charge in [0.1, 0.15) is 0 Å². The van der Waals surface area contributed by atoms with E-state index in [9.17, 15) is 21.6 Å². The molecule has 0 aliphatic carbocycles. The first-order valence-electron chi connectivity index (χ1n) is 8.61. The fourth-order valence-electron chi connectivity index (χ4n) is 2.76. The van der Waals surface area contributed by atoms with Crippen LogP contribution >= 0.6 is 22.9 Å².